The van der Waals surface area contributed by atoms with E-state index in [9.17, 15) is 4.79 Å². The molecule has 1 atom stereocenters. The molecule has 0 bridgehead atoms. The molecular formula is C21H17BrN4OS. The molecule has 140 valence electrons. The van der Waals surface area contributed by atoms with Crippen LogP contribution in [0.4, 0.5) is 5.69 Å². The largest absolute Gasteiger partial charge is 0.340 e. The van der Waals surface area contributed by atoms with Gasteiger partial charge in [-0.25, -0.2) is 0 Å². The van der Waals surface area contributed by atoms with Crippen LogP contribution in [0.1, 0.15) is 28.1 Å². The molecule has 0 radical (unpaired) electrons. The lowest BCUT2D eigenvalue weighted by molar-refractivity contribution is 0.0773. The minimum Gasteiger partial charge on any atom is -0.340 e. The molecule has 0 spiro atoms. The fourth-order valence-corrected chi connectivity index (χ4v) is 5.07. The maximum atomic E-state index is 13.0. The second-order valence-electron chi connectivity index (χ2n) is 6.89. The smallest absolute Gasteiger partial charge is 0.256 e. The summed E-state index contributed by atoms with van der Waals surface area (Å²) in [5.74, 6) is 0.772. The van der Waals surface area contributed by atoms with Gasteiger partial charge in [-0.1, -0.05) is 34.1 Å². The third-order valence-corrected chi connectivity index (χ3v) is 6.64. The Morgan fingerprint density at radius 3 is 3.00 bits per heavy atom. The van der Waals surface area contributed by atoms with Gasteiger partial charge in [0.2, 0.25) is 0 Å². The lowest BCUT2D eigenvalue weighted by Gasteiger charge is -2.21. The van der Waals surface area contributed by atoms with Crippen molar-refractivity contribution in [1.82, 2.24) is 4.90 Å². The van der Waals surface area contributed by atoms with Gasteiger partial charge in [0.15, 0.2) is 5.84 Å². The number of hydrogen-bond acceptors (Lipinski definition) is 4. The van der Waals surface area contributed by atoms with Crippen LogP contribution < -0.4 is 5.32 Å². The number of amides is 1. The Kier molecular flexibility index (Phi) is 4.49. The quantitative estimate of drug-likeness (QED) is 0.432. The summed E-state index contributed by atoms with van der Waals surface area (Å²) in [6, 6.07) is 16.0. The van der Waals surface area contributed by atoms with Gasteiger partial charge in [-0.2, -0.15) is 5.10 Å². The van der Waals surface area contributed by atoms with Crippen molar-refractivity contribution in [3.05, 3.63) is 63.4 Å². The van der Waals surface area contributed by atoms with Crippen molar-refractivity contribution < 1.29 is 4.79 Å². The van der Waals surface area contributed by atoms with Gasteiger partial charge in [0.25, 0.3) is 5.91 Å². The van der Waals surface area contributed by atoms with Crippen LogP contribution in [0.15, 0.2) is 63.2 Å². The Morgan fingerprint density at radius 1 is 1.21 bits per heavy atom. The standard InChI is InChI=1S/C21H17BrN4OS/c22-14-7-8-17-16(11-14)21(27)26-9-3-5-18(26)20(24-17)25-23-12-15-10-13-4-1-2-6-19(13)28-15/h1-2,4,6-8,10-12,18H,3,5,9H2,(H,24,25). The van der Waals surface area contributed by atoms with Crippen molar-refractivity contribution in [1.29, 1.82) is 0 Å². The van der Waals surface area contributed by atoms with Crippen LogP contribution in [0.25, 0.3) is 10.1 Å². The zero-order valence-corrected chi connectivity index (χ0v) is 17.3. The highest BCUT2D eigenvalue weighted by atomic mass is 79.9. The molecule has 0 aliphatic carbocycles. The lowest BCUT2D eigenvalue weighted by Crippen LogP contribution is -2.40. The van der Waals surface area contributed by atoms with Crippen LogP contribution in [0.2, 0.25) is 0 Å². The van der Waals surface area contributed by atoms with Gasteiger partial charge in [-0.05, 0) is 48.6 Å². The fourth-order valence-electron chi connectivity index (χ4n) is 3.78. The van der Waals surface area contributed by atoms with E-state index in [0.29, 0.717) is 5.56 Å². The number of nitrogens with zero attached hydrogens (tertiary/aromatic N) is 3. The molecule has 2 aromatic carbocycles. The SMILES string of the molecule is O=C1c2cc(Br)ccc2N/C(=N/N=Cc2cc3ccccc3s2)C2CCCN12. The molecule has 1 saturated heterocycles. The summed E-state index contributed by atoms with van der Waals surface area (Å²) < 4.78 is 2.12. The first-order valence-corrected chi connectivity index (χ1v) is 10.8. The Bertz CT molecular complexity index is 1100. The van der Waals surface area contributed by atoms with E-state index < -0.39 is 0 Å². The van der Waals surface area contributed by atoms with Crippen molar-refractivity contribution in [3.8, 4) is 0 Å². The van der Waals surface area contributed by atoms with E-state index in [1.54, 1.807) is 17.6 Å². The number of thiophene rings is 1. The predicted octanol–water partition coefficient (Wildman–Crippen LogP) is 5.13. The summed E-state index contributed by atoms with van der Waals surface area (Å²) in [5.41, 5.74) is 1.44. The van der Waals surface area contributed by atoms with Gasteiger partial charge >= 0.3 is 0 Å². The summed E-state index contributed by atoms with van der Waals surface area (Å²) >= 11 is 5.15. The van der Waals surface area contributed by atoms with Crippen LogP contribution in [0.5, 0.6) is 0 Å². The van der Waals surface area contributed by atoms with Gasteiger partial charge in [0, 0.05) is 20.6 Å². The first kappa shape index (κ1) is 17.6. The molecular weight excluding hydrogens is 436 g/mol. The Morgan fingerprint density at radius 2 is 2.11 bits per heavy atom. The second kappa shape index (κ2) is 7.14. The highest BCUT2D eigenvalue weighted by Gasteiger charge is 2.37. The minimum absolute atomic E-state index is 0.0463. The van der Waals surface area contributed by atoms with Crippen molar-refractivity contribution in [2.75, 3.05) is 11.9 Å². The van der Waals surface area contributed by atoms with Gasteiger partial charge in [-0.3, -0.25) is 4.79 Å². The monoisotopic (exact) mass is 452 g/mol. The third-order valence-electron chi connectivity index (χ3n) is 5.10. The number of hydrogen-bond donors (Lipinski definition) is 1. The normalized spacial score (nSPS) is 20.5. The number of halogens is 1. The highest BCUT2D eigenvalue weighted by Crippen LogP contribution is 2.31. The number of fused-ring (bicyclic) bond motifs is 3. The topological polar surface area (TPSA) is 57.1 Å². The number of benzene rings is 2. The molecule has 1 fully saturated rings. The van der Waals surface area contributed by atoms with E-state index >= 15 is 0 Å². The Labute approximate surface area is 174 Å². The van der Waals surface area contributed by atoms with E-state index in [4.69, 9.17) is 0 Å². The van der Waals surface area contributed by atoms with Crippen LogP contribution in [-0.4, -0.2) is 35.4 Å². The number of anilines is 1. The number of nitrogens with one attached hydrogen (secondary N) is 1. The van der Waals surface area contributed by atoms with Crippen molar-refractivity contribution >= 4 is 61.0 Å². The molecule has 1 unspecified atom stereocenters. The second-order valence-corrected chi connectivity index (χ2v) is 8.92. The fraction of sp³-hybridized carbons (Fsp3) is 0.190. The maximum absolute atomic E-state index is 13.0. The zero-order valence-electron chi connectivity index (χ0n) is 14.9. The molecule has 2 aliphatic heterocycles. The maximum Gasteiger partial charge on any atom is 0.256 e. The number of amidine groups is 1. The van der Waals surface area contributed by atoms with Crippen molar-refractivity contribution in [2.45, 2.75) is 18.9 Å². The van der Waals surface area contributed by atoms with E-state index in [-0.39, 0.29) is 11.9 Å². The summed E-state index contributed by atoms with van der Waals surface area (Å²) in [6.45, 7) is 0.746. The predicted molar refractivity (Wildman–Crippen MR) is 119 cm³/mol. The lowest BCUT2D eigenvalue weighted by atomic mass is 10.1. The van der Waals surface area contributed by atoms with Crippen LogP contribution in [0.3, 0.4) is 0 Å². The summed E-state index contributed by atoms with van der Waals surface area (Å²) in [7, 11) is 0. The first-order chi connectivity index (χ1) is 13.7. The minimum atomic E-state index is -0.0572. The first-order valence-electron chi connectivity index (χ1n) is 9.16. The number of rotatable bonds is 2. The third kappa shape index (κ3) is 3.14. The molecule has 3 aromatic rings. The molecule has 1 N–H and O–H groups in total. The van der Waals surface area contributed by atoms with E-state index in [1.807, 2.05) is 35.2 Å². The van der Waals surface area contributed by atoms with Gasteiger partial charge in [0.1, 0.15) is 0 Å². The molecule has 3 heterocycles. The Hall–Kier alpha value is -2.51. The number of carbonyl (C=O) groups excluding carboxylic acids is 1. The Balaban J connectivity index is 1.49. The van der Waals surface area contributed by atoms with Gasteiger partial charge < -0.3 is 10.2 Å². The summed E-state index contributed by atoms with van der Waals surface area (Å²) in [5, 5.41) is 13.4. The highest BCUT2D eigenvalue weighted by molar-refractivity contribution is 9.10. The molecule has 5 rings (SSSR count). The molecule has 5 nitrogen and oxygen atoms in total. The van der Waals surface area contributed by atoms with Crippen molar-refractivity contribution in [3.63, 3.8) is 0 Å². The summed E-state index contributed by atoms with van der Waals surface area (Å²) in [4.78, 5) is 15.9. The summed E-state index contributed by atoms with van der Waals surface area (Å²) in [6.07, 6.45) is 3.65. The average Bonchev–Trinajstić information content (AvgIpc) is 3.32. The van der Waals surface area contributed by atoms with E-state index in [1.165, 1.54) is 10.1 Å². The molecule has 0 saturated carbocycles. The molecule has 1 aromatic heterocycles. The molecule has 7 heteroatoms. The number of carbonyl (C=O) groups is 1. The van der Waals surface area contributed by atoms with Gasteiger partial charge in [0.05, 0.1) is 23.5 Å². The average molecular weight is 453 g/mol. The van der Waals surface area contributed by atoms with Crippen LogP contribution in [0, 0.1) is 0 Å². The van der Waals surface area contributed by atoms with Gasteiger partial charge in [-0.15, -0.1) is 16.4 Å². The van der Waals surface area contributed by atoms with Crippen molar-refractivity contribution in [2.24, 2.45) is 10.2 Å². The zero-order chi connectivity index (χ0) is 19.1. The van der Waals surface area contributed by atoms with Crippen LogP contribution in [-0.2, 0) is 0 Å². The molecule has 2 aliphatic rings. The van der Waals surface area contributed by atoms with Crippen LogP contribution >= 0.6 is 27.3 Å². The van der Waals surface area contributed by atoms with E-state index in [2.05, 4.69) is 49.6 Å². The molecule has 28 heavy (non-hydrogen) atoms. The van der Waals surface area contributed by atoms with E-state index in [0.717, 1.165) is 40.3 Å². The molecule has 1 amide bonds.